The van der Waals surface area contributed by atoms with Crippen molar-refractivity contribution in [3.8, 4) is 16.8 Å². The van der Waals surface area contributed by atoms with Gasteiger partial charge in [-0.2, -0.15) is 5.10 Å². The summed E-state index contributed by atoms with van der Waals surface area (Å²) in [5, 5.41) is 4.37. The van der Waals surface area contributed by atoms with Crippen LogP contribution in [0.3, 0.4) is 0 Å². The SMILES string of the molecule is NC(=S)c1cc(-n2cc(-c3ccccc3)cn2)ccn1. The van der Waals surface area contributed by atoms with Crippen LogP contribution >= 0.6 is 12.2 Å². The van der Waals surface area contributed by atoms with Gasteiger partial charge in [0, 0.05) is 18.0 Å². The first-order valence-corrected chi connectivity index (χ1v) is 6.51. The van der Waals surface area contributed by atoms with Gasteiger partial charge < -0.3 is 5.73 Å². The van der Waals surface area contributed by atoms with Crippen molar-refractivity contribution >= 4 is 17.2 Å². The predicted molar refractivity (Wildman–Crippen MR) is 82.7 cm³/mol. The van der Waals surface area contributed by atoms with Crippen LogP contribution in [0.15, 0.2) is 61.1 Å². The summed E-state index contributed by atoms with van der Waals surface area (Å²) in [5.74, 6) is 0. The highest BCUT2D eigenvalue weighted by atomic mass is 32.1. The number of rotatable bonds is 3. The molecule has 3 aromatic rings. The van der Waals surface area contributed by atoms with Gasteiger partial charge in [0.1, 0.15) is 4.99 Å². The van der Waals surface area contributed by atoms with E-state index in [0.29, 0.717) is 5.69 Å². The number of pyridine rings is 1. The predicted octanol–water partition coefficient (Wildman–Crippen LogP) is 2.57. The smallest absolute Gasteiger partial charge is 0.122 e. The van der Waals surface area contributed by atoms with E-state index in [1.807, 2.05) is 54.9 Å². The van der Waals surface area contributed by atoms with E-state index in [2.05, 4.69) is 10.1 Å². The van der Waals surface area contributed by atoms with E-state index in [-0.39, 0.29) is 4.99 Å². The summed E-state index contributed by atoms with van der Waals surface area (Å²) in [4.78, 5) is 4.40. The molecule has 0 unspecified atom stereocenters. The maximum atomic E-state index is 5.60. The summed E-state index contributed by atoms with van der Waals surface area (Å²) < 4.78 is 1.78. The second-order valence-corrected chi connectivity index (χ2v) is 4.74. The fourth-order valence-electron chi connectivity index (χ4n) is 1.94. The summed E-state index contributed by atoms with van der Waals surface area (Å²) in [5.41, 5.74) is 9.25. The van der Waals surface area contributed by atoms with E-state index < -0.39 is 0 Å². The van der Waals surface area contributed by atoms with E-state index in [9.17, 15) is 0 Å². The minimum atomic E-state index is 0.280. The van der Waals surface area contributed by atoms with Crippen molar-refractivity contribution < 1.29 is 0 Å². The van der Waals surface area contributed by atoms with Crippen LogP contribution in [0.4, 0.5) is 0 Å². The van der Waals surface area contributed by atoms with Crippen LogP contribution in [-0.4, -0.2) is 19.8 Å². The summed E-state index contributed by atoms with van der Waals surface area (Å²) in [6, 6.07) is 13.8. The quantitative estimate of drug-likeness (QED) is 0.749. The van der Waals surface area contributed by atoms with Crippen LogP contribution in [0.5, 0.6) is 0 Å². The van der Waals surface area contributed by atoms with Gasteiger partial charge in [-0.15, -0.1) is 0 Å². The molecule has 0 aliphatic carbocycles. The molecule has 2 N–H and O–H groups in total. The van der Waals surface area contributed by atoms with Gasteiger partial charge in [-0.3, -0.25) is 4.98 Å². The third-order valence-corrected chi connectivity index (χ3v) is 3.16. The Balaban J connectivity index is 1.98. The highest BCUT2D eigenvalue weighted by Crippen LogP contribution is 2.19. The first-order valence-electron chi connectivity index (χ1n) is 6.10. The lowest BCUT2D eigenvalue weighted by atomic mass is 10.1. The highest BCUT2D eigenvalue weighted by Gasteiger charge is 2.05. The Morgan fingerprint density at radius 1 is 1.10 bits per heavy atom. The fraction of sp³-hybridized carbons (Fsp3) is 0. The van der Waals surface area contributed by atoms with Crippen LogP contribution in [0.1, 0.15) is 5.69 Å². The Bertz CT molecular complexity index is 749. The number of nitrogens with zero attached hydrogens (tertiary/aromatic N) is 3. The third-order valence-electron chi connectivity index (χ3n) is 2.95. The average Bonchev–Trinajstić information content (AvgIpc) is 2.98. The maximum absolute atomic E-state index is 5.60. The summed E-state index contributed by atoms with van der Waals surface area (Å²) in [6.45, 7) is 0. The molecule has 0 radical (unpaired) electrons. The third kappa shape index (κ3) is 2.44. The molecule has 0 saturated heterocycles. The molecule has 0 spiro atoms. The van der Waals surface area contributed by atoms with Gasteiger partial charge in [-0.25, -0.2) is 4.68 Å². The summed E-state index contributed by atoms with van der Waals surface area (Å²) in [6.07, 6.45) is 5.47. The molecule has 2 heterocycles. The summed E-state index contributed by atoms with van der Waals surface area (Å²) >= 11 is 4.94. The van der Waals surface area contributed by atoms with Crippen LogP contribution in [-0.2, 0) is 0 Å². The standard InChI is InChI=1S/C15H12N4S/c16-15(20)14-8-13(6-7-17-14)19-10-12(9-18-19)11-4-2-1-3-5-11/h1-10H,(H2,16,20). The lowest BCUT2D eigenvalue weighted by Crippen LogP contribution is -2.12. The number of nitrogens with two attached hydrogens (primary N) is 1. The van der Waals surface area contributed by atoms with Crippen molar-refractivity contribution in [1.29, 1.82) is 0 Å². The van der Waals surface area contributed by atoms with E-state index in [4.69, 9.17) is 18.0 Å². The summed E-state index contributed by atoms with van der Waals surface area (Å²) in [7, 11) is 0. The first kappa shape index (κ1) is 12.5. The van der Waals surface area contributed by atoms with Gasteiger partial charge in [0.25, 0.3) is 0 Å². The Hall–Kier alpha value is -2.53. The number of hydrogen-bond donors (Lipinski definition) is 1. The zero-order valence-electron chi connectivity index (χ0n) is 10.6. The number of benzene rings is 1. The van der Waals surface area contributed by atoms with Gasteiger partial charge in [0.15, 0.2) is 0 Å². The van der Waals surface area contributed by atoms with E-state index in [1.54, 1.807) is 10.9 Å². The maximum Gasteiger partial charge on any atom is 0.122 e. The molecular weight excluding hydrogens is 268 g/mol. The molecule has 1 aromatic carbocycles. The molecule has 0 atom stereocenters. The molecular formula is C15H12N4S. The van der Waals surface area contributed by atoms with Gasteiger partial charge in [0.2, 0.25) is 0 Å². The van der Waals surface area contributed by atoms with Crippen LogP contribution in [0.25, 0.3) is 16.8 Å². The monoisotopic (exact) mass is 280 g/mol. The zero-order chi connectivity index (χ0) is 13.9. The van der Waals surface area contributed by atoms with Gasteiger partial charge in [0.05, 0.1) is 17.6 Å². The molecule has 4 nitrogen and oxygen atoms in total. The minimum Gasteiger partial charge on any atom is -0.388 e. The van der Waals surface area contributed by atoms with Crippen molar-refractivity contribution in [2.45, 2.75) is 0 Å². The largest absolute Gasteiger partial charge is 0.388 e. The molecule has 0 fully saturated rings. The number of aromatic nitrogens is 3. The lowest BCUT2D eigenvalue weighted by molar-refractivity contribution is 0.877. The van der Waals surface area contributed by atoms with E-state index >= 15 is 0 Å². The molecule has 0 aliphatic rings. The lowest BCUT2D eigenvalue weighted by Gasteiger charge is -2.03. The first-order chi connectivity index (χ1) is 9.74. The molecule has 20 heavy (non-hydrogen) atoms. The second kappa shape index (κ2) is 5.22. The van der Waals surface area contributed by atoms with Crippen molar-refractivity contribution in [2.75, 3.05) is 0 Å². The van der Waals surface area contributed by atoms with Gasteiger partial charge in [-0.1, -0.05) is 42.5 Å². The normalized spacial score (nSPS) is 10.4. The highest BCUT2D eigenvalue weighted by molar-refractivity contribution is 7.80. The number of hydrogen-bond acceptors (Lipinski definition) is 3. The average molecular weight is 280 g/mol. The van der Waals surface area contributed by atoms with Crippen molar-refractivity contribution in [3.63, 3.8) is 0 Å². The zero-order valence-corrected chi connectivity index (χ0v) is 11.4. The van der Waals surface area contributed by atoms with E-state index in [1.165, 1.54) is 0 Å². The number of thiocarbonyl (C=S) groups is 1. The Morgan fingerprint density at radius 3 is 2.65 bits per heavy atom. The van der Waals surface area contributed by atoms with Crippen LogP contribution < -0.4 is 5.73 Å². The van der Waals surface area contributed by atoms with Crippen molar-refractivity contribution in [3.05, 3.63) is 66.7 Å². The van der Waals surface area contributed by atoms with Gasteiger partial charge >= 0.3 is 0 Å². The molecule has 2 aromatic heterocycles. The fourth-order valence-corrected chi connectivity index (χ4v) is 2.05. The molecule has 0 amide bonds. The minimum absolute atomic E-state index is 0.280. The molecule has 5 heteroatoms. The molecule has 0 saturated carbocycles. The van der Waals surface area contributed by atoms with Crippen molar-refractivity contribution in [2.24, 2.45) is 5.73 Å². The Morgan fingerprint density at radius 2 is 1.90 bits per heavy atom. The Kier molecular flexibility index (Phi) is 3.26. The molecule has 0 bridgehead atoms. The van der Waals surface area contributed by atoms with Crippen LogP contribution in [0.2, 0.25) is 0 Å². The Labute approximate surface area is 121 Å². The van der Waals surface area contributed by atoms with E-state index in [0.717, 1.165) is 16.8 Å². The van der Waals surface area contributed by atoms with Crippen molar-refractivity contribution in [1.82, 2.24) is 14.8 Å². The van der Waals surface area contributed by atoms with Crippen LogP contribution in [0, 0.1) is 0 Å². The molecule has 98 valence electrons. The van der Waals surface area contributed by atoms with Gasteiger partial charge in [-0.05, 0) is 17.7 Å². The second-order valence-electron chi connectivity index (χ2n) is 4.30. The topological polar surface area (TPSA) is 56.7 Å². The molecule has 0 aliphatic heterocycles. The molecule has 3 rings (SSSR count).